The largest absolute Gasteiger partial charge is 0.492 e. The van der Waals surface area contributed by atoms with E-state index in [1.54, 1.807) is 33.3 Å². The van der Waals surface area contributed by atoms with Crippen molar-refractivity contribution in [3.8, 4) is 5.75 Å². The zero-order valence-corrected chi connectivity index (χ0v) is 16.0. The quantitative estimate of drug-likeness (QED) is 0.403. The van der Waals surface area contributed by atoms with Crippen LogP contribution < -0.4 is 10.1 Å². The highest BCUT2D eigenvalue weighted by Gasteiger charge is 2.09. The number of methoxy groups -OCH3 is 1. The number of rotatable bonds is 9. The molecule has 0 aliphatic heterocycles. The number of nitrogens with zero attached hydrogens (tertiary/aromatic N) is 3. The molecule has 1 N–H and O–H groups in total. The molecule has 0 fully saturated rings. The molecule has 0 unspecified atom stereocenters. The summed E-state index contributed by atoms with van der Waals surface area (Å²) in [6, 6.07) is 7.26. The minimum Gasteiger partial charge on any atom is -0.492 e. The maximum absolute atomic E-state index is 11.7. The summed E-state index contributed by atoms with van der Waals surface area (Å²) in [5, 5.41) is 3.81. The van der Waals surface area contributed by atoms with Crippen molar-refractivity contribution in [2.24, 2.45) is 4.99 Å². The minimum absolute atomic E-state index is 0.0605. The number of hydrogen-bond donors (Lipinski definition) is 1. The van der Waals surface area contributed by atoms with Crippen molar-refractivity contribution in [2.75, 3.05) is 61.1 Å². The van der Waals surface area contributed by atoms with Gasteiger partial charge in [-0.3, -0.25) is 4.79 Å². The van der Waals surface area contributed by atoms with Crippen molar-refractivity contribution in [3.63, 3.8) is 0 Å². The van der Waals surface area contributed by atoms with Crippen LogP contribution in [-0.4, -0.2) is 82.8 Å². The van der Waals surface area contributed by atoms with Crippen molar-refractivity contribution >= 4 is 23.5 Å². The SMILES string of the molecule is COCCNC(=NCC(=O)N(C)C)N(C)CCOc1cccc(Cl)c1. The number of amides is 1. The molecule has 1 aromatic rings. The predicted molar refractivity (Wildman–Crippen MR) is 100 cm³/mol. The molecule has 25 heavy (non-hydrogen) atoms. The first-order valence-electron chi connectivity index (χ1n) is 8.01. The molecule has 1 amide bonds. The lowest BCUT2D eigenvalue weighted by Crippen LogP contribution is -2.42. The fraction of sp³-hybridized carbons (Fsp3) is 0.529. The summed E-state index contributed by atoms with van der Waals surface area (Å²) in [5.41, 5.74) is 0. The summed E-state index contributed by atoms with van der Waals surface area (Å²) in [4.78, 5) is 19.5. The number of guanidine groups is 1. The maximum Gasteiger partial charge on any atom is 0.243 e. The van der Waals surface area contributed by atoms with E-state index in [2.05, 4.69) is 10.3 Å². The first kappa shape index (κ1) is 21.1. The number of likely N-dealkylation sites (N-methyl/N-ethyl adjacent to an activating group) is 2. The number of halogens is 1. The lowest BCUT2D eigenvalue weighted by Gasteiger charge is -2.22. The van der Waals surface area contributed by atoms with E-state index in [1.165, 1.54) is 4.90 Å². The van der Waals surface area contributed by atoms with Gasteiger partial charge in [0.15, 0.2) is 5.96 Å². The van der Waals surface area contributed by atoms with E-state index >= 15 is 0 Å². The number of carbonyl (C=O) groups excluding carboxylic acids is 1. The number of carbonyl (C=O) groups is 1. The lowest BCUT2D eigenvalue weighted by atomic mass is 10.3. The van der Waals surface area contributed by atoms with Crippen LogP contribution in [0.1, 0.15) is 0 Å². The monoisotopic (exact) mass is 370 g/mol. The smallest absolute Gasteiger partial charge is 0.243 e. The molecule has 0 atom stereocenters. The van der Waals surface area contributed by atoms with Crippen LogP contribution in [0, 0.1) is 0 Å². The van der Waals surface area contributed by atoms with E-state index in [9.17, 15) is 4.79 Å². The molecule has 0 radical (unpaired) electrons. The van der Waals surface area contributed by atoms with Crippen LogP contribution in [0.15, 0.2) is 29.3 Å². The summed E-state index contributed by atoms with van der Waals surface area (Å²) in [5.74, 6) is 1.28. The topological polar surface area (TPSA) is 66.4 Å². The molecular weight excluding hydrogens is 344 g/mol. The molecular formula is C17H27ClN4O3. The number of benzene rings is 1. The summed E-state index contributed by atoms with van der Waals surface area (Å²) in [6.07, 6.45) is 0. The van der Waals surface area contributed by atoms with Crippen molar-refractivity contribution in [1.29, 1.82) is 0 Å². The Labute approximate surface area is 154 Å². The molecule has 0 bridgehead atoms. The Morgan fingerprint density at radius 3 is 2.68 bits per heavy atom. The van der Waals surface area contributed by atoms with Crippen molar-refractivity contribution in [3.05, 3.63) is 29.3 Å². The zero-order chi connectivity index (χ0) is 18.7. The van der Waals surface area contributed by atoms with Gasteiger partial charge in [-0.05, 0) is 18.2 Å². The van der Waals surface area contributed by atoms with Gasteiger partial charge in [0.25, 0.3) is 0 Å². The average Bonchev–Trinajstić information content (AvgIpc) is 2.57. The van der Waals surface area contributed by atoms with Crippen LogP contribution >= 0.6 is 11.6 Å². The second-order valence-corrected chi connectivity index (χ2v) is 6.01. The lowest BCUT2D eigenvalue weighted by molar-refractivity contribution is -0.127. The molecule has 8 heteroatoms. The summed E-state index contributed by atoms with van der Waals surface area (Å²) in [6.45, 7) is 2.30. The molecule has 0 aliphatic rings. The molecule has 1 aromatic carbocycles. The van der Waals surface area contributed by atoms with Gasteiger partial charge in [-0.2, -0.15) is 0 Å². The van der Waals surface area contributed by atoms with Crippen LogP contribution in [0.25, 0.3) is 0 Å². The zero-order valence-electron chi connectivity index (χ0n) is 15.3. The van der Waals surface area contributed by atoms with Gasteiger partial charge in [0.2, 0.25) is 5.91 Å². The van der Waals surface area contributed by atoms with Crippen molar-refractivity contribution in [1.82, 2.24) is 15.1 Å². The number of ether oxygens (including phenoxy) is 2. The molecule has 0 aromatic heterocycles. The molecule has 1 rings (SSSR count). The summed E-state index contributed by atoms with van der Waals surface area (Å²) in [7, 11) is 6.94. The standard InChI is InChI=1S/C17H27ClN4O3/c1-21(2)16(23)13-20-17(19-8-10-24-4)22(3)9-11-25-15-7-5-6-14(18)12-15/h5-7,12H,8-11,13H2,1-4H3,(H,19,20). The van der Waals surface area contributed by atoms with Gasteiger partial charge in [0.05, 0.1) is 13.2 Å². The van der Waals surface area contributed by atoms with Crippen LogP contribution in [0.2, 0.25) is 5.02 Å². The van der Waals surface area contributed by atoms with Gasteiger partial charge in [-0.25, -0.2) is 4.99 Å². The Morgan fingerprint density at radius 2 is 2.04 bits per heavy atom. The molecule has 0 heterocycles. The van der Waals surface area contributed by atoms with E-state index in [0.29, 0.717) is 37.3 Å². The predicted octanol–water partition coefficient (Wildman–Crippen LogP) is 1.33. The normalized spacial score (nSPS) is 11.2. The highest BCUT2D eigenvalue weighted by atomic mass is 35.5. The van der Waals surface area contributed by atoms with Crippen LogP contribution in [0.4, 0.5) is 0 Å². The second kappa shape index (κ2) is 11.5. The van der Waals surface area contributed by atoms with E-state index in [-0.39, 0.29) is 12.5 Å². The second-order valence-electron chi connectivity index (χ2n) is 5.57. The fourth-order valence-corrected chi connectivity index (χ4v) is 2.00. The molecule has 0 spiro atoms. The van der Waals surface area contributed by atoms with Gasteiger partial charge < -0.3 is 24.6 Å². The Kier molecular flexibility index (Phi) is 9.72. The third-order valence-corrected chi connectivity index (χ3v) is 3.54. The van der Waals surface area contributed by atoms with Gasteiger partial charge in [-0.1, -0.05) is 17.7 Å². The van der Waals surface area contributed by atoms with E-state index in [4.69, 9.17) is 21.1 Å². The van der Waals surface area contributed by atoms with Crippen LogP contribution in [0.3, 0.4) is 0 Å². The summed E-state index contributed by atoms with van der Waals surface area (Å²) >= 11 is 5.94. The molecule has 7 nitrogen and oxygen atoms in total. The highest BCUT2D eigenvalue weighted by Crippen LogP contribution is 2.16. The van der Waals surface area contributed by atoms with Gasteiger partial charge >= 0.3 is 0 Å². The van der Waals surface area contributed by atoms with E-state index in [0.717, 1.165) is 5.75 Å². The van der Waals surface area contributed by atoms with E-state index in [1.807, 2.05) is 24.1 Å². The average molecular weight is 371 g/mol. The molecule has 0 aliphatic carbocycles. The molecule has 0 saturated heterocycles. The number of nitrogens with one attached hydrogen (secondary N) is 1. The third kappa shape index (κ3) is 8.60. The van der Waals surface area contributed by atoms with Crippen molar-refractivity contribution in [2.45, 2.75) is 0 Å². The Balaban J connectivity index is 2.56. The Hall–Kier alpha value is -1.99. The summed E-state index contributed by atoms with van der Waals surface area (Å²) < 4.78 is 10.7. The third-order valence-electron chi connectivity index (χ3n) is 3.31. The molecule has 0 saturated carbocycles. The van der Waals surface area contributed by atoms with Crippen LogP contribution in [0.5, 0.6) is 5.75 Å². The van der Waals surface area contributed by atoms with Crippen molar-refractivity contribution < 1.29 is 14.3 Å². The minimum atomic E-state index is -0.0605. The van der Waals surface area contributed by atoms with Gasteiger partial charge in [-0.15, -0.1) is 0 Å². The van der Waals surface area contributed by atoms with Gasteiger partial charge in [0, 0.05) is 39.8 Å². The number of aliphatic imine (C=N–C) groups is 1. The Bertz CT molecular complexity index is 567. The first-order valence-corrected chi connectivity index (χ1v) is 8.38. The number of hydrogen-bond acceptors (Lipinski definition) is 4. The van der Waals surface area contributed by atoms with Gasteiger partial charge in [0.1, 0.15) is 18.9 Å². The van der Waals surface area contributed by atoms with E-state index < -0.39 is 0 Å². The fourth-order valence-electron chi connectivity index (χ4n) is 1.82. The van der Waals surface area contributed by atoms with Crippen LogP contribution in [-0.2, 0) is 9.53 Å². The Morgan fingerprint density at radius 1 is 1.28 bits per heavy atom. The maximum atomic E-state index is 11.7. The molecule has 140 valence electrons. The first-order chi connectivity index (χ1) is 11.9. The highest BCUT2D eigenvalue weighted by molar-refractivity contribution is 6.30.